The number of amides is 1. The first-order chi connectivity index (χ1) is 15.4. The lowest BCUT2D eigenvalue weighted by atomic mass is 10.0. The summed E-state index contributed by atoms with van der Waals surface area (Å²) in [5.74, 6) is 0.251. The maximum Gasteiger partial charge on any atom is 0.323 e. The summed E-state index contributed by atoms with van der Waals surface area (Å²) < 4.78 is 23.9. The van der Waals surface area contributed by atoms with Crippen LogP contribution in [0.4, 0.5) is 14.5 Å². The third-order valence-corrected chi connectivity index (χ3v) is 6.05. The third kappa shape index (κ3) is 4.47. The Balaban J connectivity index is 1.28. The Labute approximate surface area is 196 Å². The Bertz CT molecular complexity index is 1300. The number of carbonyl (C=O) groups is 1. The molecule has 0 spiro atoms. The minimum absolute atomic E-state index is 0.121. The van der Waals surface area contributed by atoms with Gasteiger partial charge in [0.05, 0.1) is 23.9 Å². The van der Waals surface area contributed by atoms with Crippen LogP contribution >= 0.6 is 22.6 Å². The molecule has 5 rings (SSSR count). The number of rotatable bonds is 6. The molecule has 1 fully saturated rings. The number of halogens is 3. The normalized spacial score (nSPS) is 14.0. The third-order valence-electron chi connectivity index (χ3n) is 5.43. The Morgan fingerprint density at radius 1 is 1.12 bits per heavy atom. The van der Waals surface area contributed by atoms with Crippen molar-refractivity contribution in [2.75, 3.05) is 5.32 Å². The van der Waals surface area contributed by atoms with Crippen molar-refractivity contribution in [2.24, 2.45) is 0 Å². The molecule has 0 saturated heterocycles. The van der Waals surface area contributed by atoms with E-state index in [9.17, 15) is 13.6 Å². The molecule has 6 nitrogen and oxygen atoms in total. The second kappa shape index (κ2) is 8.19. The molecule has 0 bridgehead atoms. The molecule has 0 aliphatic heterocycles. The highest BCUT2D eigenvalue weighted by molar-refractivity contribution is 14.1. The molecule has 9 heteroatoms. The first-order valence-corrected chi connectivity index (χ1v) is 11.2. The van der Waals surface area contributed by atoms with Gasteiger partial charge in [0.25, 0.3) is 0 Å². The van der Waals surface area contributed by atoms with Crippen molar-refractivity contribution < 1.29 is 13.6 Å². The van der Waals surface area contributed by atoms with Crippen LogP contribution in [0, 0.1) is 0 Å². The smallest absolute Gasteiger partial charge is 0.323 e. The molecule has 2 N–H and O–H groups in total. The number of hydrogen-bond donors (Lipinski definition) is 2. The van der Waals surface area contributed by atoms with Gasteiger partial charge in [-0.3, -0.25) is 14.9 Å². The topological polar surface area (TPSA) is 83.6 Å². The summed E-state index contributed by atoms with van der Waals surface area (Å²) in [7, 11) is 0. The molecule has 4 aromatic rings. The number of nitrogens with zero attached hydrogens (tertiary/aromatic N) is 3. The quantitative estimate of drug-likeness (QED) is 0.246. The molecule has 0 atom stereocenters. The standard InChI is InChI=1S/C23H18F2IN5O/c24-23(25,26)17-9-18(12-27-11-17)29-20(32)7-13-1-3-14(4-2-13)16-8-19-21(15-5-6-15)30-31-22(19)28-10-16/h1-4,8-12,15H,5-7H2,(H,29,32)(H,28,30,31). The fourth-order valence-corrected chi connectivity index (χ4v) is 3.92. The van der Waals surface area contributed by atoms with Crippen LogP contribution < -0.4 is 5.32 Å². The van der Waals surface area contributed by atoms with Gasteiger partial charge in [-0.25, -0.2) is 4.98 Å². The van der Waals surface area contributed by atoms with E-state index in [1.807, 2.05) is 24.3 Å². The van der Waals surface area contributed by atoms with Crippen LogP contribution in [-0.2, 0) is 15.1 Å². The van der Waals surface area contributed by atoms with E-state index in [0.29, 0.717) is 5.92 Å². The number of alkyl halides is 3. The summed E-state index contributed by atoms with van der Waals surface area (Å²) in [6.45, 7) is 0. The van der Waals surface area contributed by atoms with Gasteiger partial charge in [-0.1, -0.05) is 24.3 Å². The van der Waals surface area contributed by atoms with E-state index >= 15 is 0 Å². The molecule has 162 valence electrons. The van der Waals surface area contributed by atoms with Gasteiger partial charge in [0, 0.05) is 57.5 Å². The summed E-state index contributed by atoms with van der Waals surface area (Å²) in [5.41, 5.74) is 4.65. The molecule has 32 heavy (non-hydrogen) atoms. The minimum Gasteiger partial charge on any atom is -0.324 e. The molecule has 1 aromatic carbocycles. The fourth-order valence-electron chi connectivity index (χ4n) is 3.63. The van der Waals surface area contributed by atoms with Crippen molar-refractivity contribution in [3.05, 3.63) is 71.8 Å². The highest BCUT2D eigenvalue weighted by Crippen LogP contribution is 2.42. The second-order valence-corrected chi connectivity index (χ2v) is 9.24. The number of fused-ring (bicyclic) bond motifs is 1. The molecule has 1 aliphatic carbocycles. The predicted octanol–water partition coefficient (Wildman–Crippen LogP) is 5.56. The summed E-state index contributed by atoms with van der Waals surface area (Å²) in [5, 5.41) is 11.1. The van der Waals surface area contributed by atoms with Crippen LogP contribution in [0.2, 0.25) is 0 Å². The number of anilines is 1. The zero-order chi connectivity index (χ0) is 22.3. The summed E-state index contributed by atoms with van der Waals surface area (Å²) in [4.78, 5) is 20.6. The number of benzene rings is 1. The second-order valence-electron chi connectivity index (χ2n) is 7.89. The van der Waals surface area contributed by atoms with E-state index in [1.165, 1.54) is 25.1 Å². The average Bonchev–Trinajstić information content (AvgIpc) is 3.52. The van der Waals surface area contributed by atoms with Crippen molar-refractivity contribution in [1.29, 1.82) is 0 Å². The summed E-state index contributed by atoms with van der Waals surface area (Å²) in [6, 6.07) is 11.0. The van der Waals surface area contributed by atoms with E-state index in [4.69, 9.17) is 0 Å². The SMILES string of the molecule is O=C(Cc1ccc(-c2cnc3n[nH]c(C4CC4)c3c2)cc1)Nc1cncc(C(F)(F)I)c1. The largest absolute Gasteiger partial charge is 0.324 e. The zero-order valence-electron chi connectivity index (χ0n) is 16.8. The van der Waals surface area contributed by atoms with E-state index in [-0.39, 0.29) is 23.6 Å². The van der Waals surface area contributed by atoms with Gasteiger partial charge in [-0.05, 0) is 36.1 Å². The summed E-state index contributed by atoms with van der Waals surface area (Å²) in [6.07, 6.45) is 6.71. The lowest BCUT2D eigenvalue weighted by Gasteiger charge is -2.11. The van der Waals surface area contributed by atoms with Crippen molar-refractivity contribution >= 4 is 45.2 Å². The maximum atomic E-state index is 13.5. The van der Waals surface area contributed by atoms with Crippen molar-refractivity contribution in [3.63, 3.8) is 0 Å². The van der Waals surface area contributed by atoms with E-state index in [0.717, 1.165) is 62.2 Å². The van der Waals surface area contributed by atoms with Gasteiger partial charge in [0.15, 0.2) is 5.65 Å². The Morgan fingerprint density at radius 3 is 2.62 bits per heavy atom. The minimum atomic E-state index is -3.05. The molecule has 0 radical (unpaired) electrons. The molecular formula is C23H18F2IN5O. The van der Waals surface area contributed by atoms with E-state index in [2.05, 4.69) is 31.5 Å². The van der Waals surface area contributed by atoms with Crippen LogP contribution in [0.5, 0.6) is 0 Å². The van der Waals surface area contributed by atoms with Crippen LogP contribution in [0.15, 0.2) is 55.0 Å². The molecule has 0 unspecified atom stereocenters. The van der Waals surface area contributed by atoms with Crippen LogP contribution in [-0.4, -0.2) is 26.1 Å². The first-order valence-electron chi connectivity index (χ1n) is 10.1. The molecule has 3 aromatic heterocycles. The number of aromatic amines is 1. The molecular weight excluding hydrogens is 527 g/mol. The number of carbonyl (C=O) groups excluding carboxylic acids is 1. The van der Waals surface area contributed by atoms with Gasteiger partial charge >= 0.3 is 3.93 Å². The van der Waals surface area contributed by atoms with Crippen molar-refractivity contribution in [1.82, 2.24) is 20.2 Å². The lowest BCUT2D eigenvalue weighted by molar-refractivity contribution is -0.115. The monoisotopic (exact) mass is 545 g/mol. The highest BCUT2D eigenvalue weighted by atomic mass is 127. The number of H-pyrrole nitrogens is 1. The van der Waals surface area contributed by atoms with Gasteiger partial charge in [0.2, 0.25) is 5.91 Å². The van der Waals surface area contributed by atoms with Gasteiger partial charge in [0.1, 0.15) is 0 Å². The molecule has 1 aliphatic rings. The first kappa shape index (κ1) is 20.9. The van der Waals surface area contributed by atoms with Crippen LogP contribution in [0.25, 0.3) is 22.2 Å². The number of pyridine rings is 2. The van der Waals surface area contributed by atoms with Crippen LogP contribution in [0.3, 0.4) is 0 Å². The van der Waals surface area contributed by atoms with Gasteiger partial charge < -0.3 is 5.32 Å². The molecule has 1 saturated carbocycles. The Kier molecular flexibility index (Phi) is 5.36. The Hall–Kier alpha value is -2.95. The fraction of sp³-hybridized carbons (Fsp3) is 0.217. The molecule has 1 amide bonds. The molecule has 3 heterocycles. The zero-order valence-corrected chi connectivity index (χ0v) is 18.9. The van der Waals surface area contributed by atoms with E-state index in [1.54, 1.807) is 6.20 Å². The van der Waals surface area contributed by atoms with Gasteiger partial charge in [-0.15, -0.1) is 0 Å². The van der Waals surface area contributed by atoms with Gasteiger partial charge in [-0.2, -0.15) is 13.9 Å². The van der Waals surface area contributed by atoms with E-state index < -0.39 is 3.93 Å². The van der Waals surface area contributed by atoms with Crippen molar-refractivity contribution in [2.45, 2.75) is 29.1 Å². The lowest BCUT2D eigenvalue weighted by Crippen LogP contribution is -2.15. The number of aromatic nitrogens is 4. The summed E-state index contributed by atoms with van der Waals surface area (Å²) >= 11 is 1.04. The highest BCUT2D eigenvalue weighted by Gasteiger charge is 2.28. The number of nitrogens with one attached hydrogen (secondary N) is 2. The maximum absolute atomic E-state index is 13.5. The predicted molar refractivity (Wildman–Crippen MR) is 126 cm³/mol. The Morgan fingerprint density at radius 2 is 1.91 bits per heavy atom. The average molecular weight is 545 g/mol. The van der Waals surface area contributed by atoms with Crippen molar-refractivity contribution in [3.8, 4) is 11.1 Å². The van der Waals surface area contributed by atoms with Crippen LogP contribution in [0.1, 0.15) is 35.6 Å². The number of hydrogen-bond acceptors (Lipinski definition) is 4.